The molecule has 1 rings (SSSR count). The van der Waals surface area contributed by atoms with E-state index in [1.54, 1.807) is 0 Å². The van der Waals surface area contributed by atoms with Crippen LogP contribution in [0.5, 0.6) is 0 Å². The molecule has 12 heteroatoms. The fourth-order valence-corrected chi connectivity index (χ4v) is 3.47. The zero-order chi connectivity index (χ0) is 22.1. The number of carbonyl (C=O) groups excluding carboxylic acids is 3. The van der Waals surface area contributed by atoms with Crippen molar-refractivity contribution in [1.29, 1.82) is 0 Å². The average molecular weight is 435 g/mol. The molecule has 3 amide bonds. The van der Waals surface area contributed by atoms with Crippen molar-refractivity contribution in [3.05, 3.63) is 0 Å². The molecule has 0 spiro atoms. The number of nitrogens with zero attached hydrogens (tertiary/aromatic N) is 1. The number of aliphatic hydroxyl groups excluding tert-OH is 2. The molecule has 7 N–H and O–H groups in total. The van der Waals surface area contributed by atoms with Crippen molar-refractivity contribution in [3.8, 4) is 0 Å². The van der Waals surface area contributed by atoms with Crippen LogP contribution < -0.4 is 16.4 Å². The van der Waals surface area contributed by atoms with E-state index in [0.29, 0.717) is 25.0 Å². The molecule has 166 valence electrons. The molecule has 0 bridgehead atoms. The Morgan fingerprint density at radius 3 is 2.45 bits per heavy atom. The summed E-state index contributed by atoms with van der Waals surface area (Å²) in [6.07, 6.45) is 1.71. The second-order valence-corrected chi connectivity index (χ2v) is 7.87. The largest absolute Gasteiger partial charge is 0.480 e. The van der Waals surface area contributed by atoms with Gasteiger partial charge in [0.1, 0.15) is 18.1 Å². The van der Waals surface area contributed by atoms with Gasteiger partial charge in [0.2, 0.25) is 17.7 Å². The maximum absolute atomic E-state index is 13.0. The quantitative estimate of drug-likeness (QED) is 0.204. The van der Waals surface area contributed by atoms with Crippen LogP contribution in [0.2, 0.25) is 0 Å². The number of aliphatic hydroxyl groups is 2. The van der Waals surface area contributed by atoms with Crippen LogP contribution in [0.4, 0.5) is 0 Å². The molecule has 5 unspecified atom stereocenters. The highest BCUT2D eigenvalue weighted by molar-refractivity contribution is 7.98. The maximum Gasteiger partial charge on any atom is 0.328 e. The van der Waals surface area contributed by atoms with Crippen molar-refractivity contribution in [2.24, 2.45) is 5.73 Å². The highest BCUT2D eigenvalue weighted by Crippen LogP contribution is 2.20. The third-order valence-corrected chi connectivity index (χ3v) is 5.29. The van der Waals surface area contributed by atoms with Gasteiger partial charge >= 0.3 is 5.97 Å². The second kappa shape index (κ2) is 12.0. The number of nitrogens with one attached hydrogen (secondary N) is 2. The van der Waals surface area contributed by atoms with Gasteiger partial charge in [-0.3, -0.25) is 14.4 Å². The number of hydrogen-bond donors (Lipinski definition) is 6. The monoisotopic (exact) mass is 434 g/mol. The molecule has 1 saturated heterocycles. The highest BCUT2D eigenvalue weighted by atomic mass is 32.2. The van der Waals surface area contributed by atoms with Gasteiger partial charge in [0.15, 0.2) is 6.04 Å². The first-order valence-corrected chi connectivity index (χ1v) is 10.7. The first kappa shape index (κ1) is 25.1. The molecule has 0 saturated carbocycles. The zero-order valence-electron chi connectivity index (χ0n) is 16.5. The fourth-order valence-electron chi connectivity index (χ4n) is 3.00. The molecule has 11 nitrogen and oxygen atoms in total. The van der Waals surface area contributed by atoms with E-state index in [1.807, 2.05) is 6.26 Å². The minimum absolute atomic E-state index is 0.279. The van der Waals surface area contributed by atoms with Gasteiger partial charge in [-0.25, -0.2) is 4.79 Å². The molecule has 0 aromatic heterocycles. The van der Waals surface area contributed by atoms with E-state index in [0.717, 1.165) is 0 Å². The summed E-state index contributed by atoms with van der Waals surface area (Å²) in [4.78, 5) is 50.1. The molecule has 29 heavy (non-hydrogen) atoms. The Hall–Kier alpha value is -1.89. The van der Waals surface area contributed by atoms with Crippen LogP contribution in [0, 0.1) is 0 Å². The van der Waals surface area contributed by atoms with E-state index in [-0.39, 0.29) is 6.54 Å². The Morgan fingerprint density at radius 1 is 1.28 bits per heavy atom. The Morgan fingerprint density at radius 2 is 1.93 bits per heavy atom. The van der Waals surface area contributed by atoms with Gasteiger partial charge in [0, 0.05) is 6.54 Å². The predicted octanol–water partition coefficient (Wildman–Crippen LogP) is -2.51. The van der Waals surface area contributed by atoms with E-state index in [4.69, 9.17) is 15.9 Å². The van der Waals surface area contributed by atoms with Crippen LogP contribution in [0.15, 0.2) is 0 Å². The lowest BCUT2D eigenvalue weighted by Crippen LogP contribution is -2.58. The number of hydrogen-bond acceptors (Lipinski definition) is 8. The molecule has 1 aliphatic heterocycles. The smallest absolute Gasteiger partial charge is 0.328 e. The summed E-state index contributed by atoms with van der Waals surface area (Å²) in [5.41, 5.74) is 5.50. The molecule has 0 aromatic carbocycles. The van der Waals surface area contributed by atoms with E-state index in [1.165, 1.54) is 23.6 Å². The number of rotatable bonds is 11. The summed E-state index contributed by atoms with van der Waals surface area (Å²) >= 11 is 1.48. The summed E-state index contributed by atoms with van der Waals surface area (Å²) in [5.74, 6) is -2.64. The van der Waals surface area contributed by atoms with Crippen molar-refractivity contribution in [1.82, 2.24) is 15.5 Å². The van der Waals surface area contributed by atoms with E-state index < -0.39 is 60.6 Å². The van der Waals surface area contributed by atoms with Gasteiger partial charge in [0.25, 0.3) is 0 Å². The molecule has 0 aromatic rings. The lowest BCUT2D eigenvalue weighted by Gasteiger charge is -2.30. The number of likely N-dealkylation sites (tertiary alicyclic amines) is 1. The fraction of sp³-hybridized carbons (Fsp3) is 0.765. The zero-order valence-corrected chi connectivity index (χ0v) is 17.4. The average Bonchev–Trinajstić information content (AvgIpc) is 3.16. The Kier molecular flexibility index (Phi) is 10.4. The maximum atomic E-state index is 13.0. The summed E-state index contributed by atoms with van der Waals surface area (Å²) in [6, 6.07) is -4.48. The molecule has 1 aliphatic rings. The number of amides is 3. The molecule has 0 aliphatic carbocycles. The molecular formula is C17H30N4O7S. The lowest BCUT2D eigenvalue weighted by atomic mass is 10.1. The van der Waals surface area contributed by atoms with Crippen molar-refractivity contribution in [3.63, 3.8) is 0 Å². The predicted molar refractivity (Wildman–Crippen MR) is 106 cm³/mol. The molecule has 1 fully saturated rings. The number of carbonyl (C=O) groups is 4. The molecule has 5 atom stereocenters. The van der Waals surface area contributed by atoms with Gasteiger partial charge in [-0.2, -0.15) is 11.8 Å². The number of carboxylic acid groups (broad SMARTS) is 1. The van der Waals surface area contributed by atoms with Crippen molar-refractivity contribution < 1.29 is 34.5 Å². The van der Waals surface area contributed by atoms with Crippen molar-refractivity contribution >= 4 is 35.5 Å². The molecule has 1 heterocycles. The topological polar surface area (TPSA) is 182 Å². The summed E-state index contributed by atoms with van der Waals surface area (Å²) in [6.45, 7) is 0.954. The lowest BCUT2D eigenvalue weighted by molar-refractivity contribution is -0.147. The SMILES string of the molecule is CSCCC(NC(=O)C(N)CO)C(=O)N1CCCC1C(=O)NC(C(=O)O)C(C)O. The van der Waals surface area contributed by atoms with Crippen LogP contribution in [-0.4, -0.2) is 99.3 Å². The Bertz CT molecular complexity index is 604. The van der Waals surface area contributed by atoms with Gasteiger partial charge < -0.3 is 36.6 Å². The summed E-state index contributed by atoms with van der Waals surface area (Å²) < 4.78 is 0. The molecule has 0 radical (unpaired) electrons. The van der Waals surface area contributed by atoms with Gasteiger partial charge in [-0.15, -0.1) is 0 Å². The van der Waals surface area contributed by atoms with Gasteiger partial charge in [-0.1, -0.05) is 0 Å². The summed E-state index contributed by atoms with van der Waals surface area (Å²) in [7, 11) is 0. The minimum atomic E-state index is -1.49. The first-order valence-electron chi connectivity index (χ1n) is 9.31. The third-order valence-electron chi connectivity index (χ3n) is 4.64. The summed E-state index contributed by atoms with van der Waals surface area (Å²) in [5, 5.41) is 32.5. The standard InChI is InChI=1S/C17H30N4O7S/c1-9(23)13(17(27)28)20-15(25)12-4-3-6-21(12)16(26)11(5-7-29-2)19-14(24)10(18)8-22/h9-13,22-23H,3-8,18H2,1-2H3,(H,19,24)(H,20,25)(H,27,28). The number of carboxylic acids is 1. The van der Waals surface area contributed by atoms with Gasteiger partial charge in [-0.05, 0) is 38.2 Å². The van der Waals surface area contributed by atoms with E-state index in [2.05, 4.69) is 10.6 Å². The Labute approximate surface area is 173 Å². The van der Waals surface area contributed by atoms with Gasteiger partial charge in [0.05, 0.1) is 12.7 Å². The number of thioether (sulfide) groups is 1. The Balaban J connectivity index is 2.92. The van der Waals surface area contributed by atoms with Crippen LogP contribution >= 0.6 is 11.8 Å². The van der Waals surface area contributed by atoms with Crippen LogP contribution in [0.3, 0.4) is 0 Å². The minimum Gasteiger partial charge on any atom is -0.480 e. The van der Waals surface area contributed by atoms with E-state index in [9.17, 15) is 24.3 Å². The van der Waals surface area contributed by atoms with Crippen LogP contribution in [0.1, 0.15) is 26.2 Å². The van der Waals surface area contributed by atoms with Crippen molar-refractivity contribution in [2.45, 2.75) is 56.5 Å². The van der Waals surface area contributed by atoms with Crippen molar-refractivity contribution in [2.75, 3.05) is 25.2 Å². The first-order chi connectivity index (χ1) is 13.6. The third kappa shape index (κ3) is 7.14. The normalized spacial score (nSPS) is 20.4. The van der Waals surface area contributed by atoms with Crippen LogP contribution in [-0.2, 0) is 19.2 Å². The van der Waals surface area contributed by atoms with E-state index >= 15 is 0 Å². The number of nitrogens with two attached hydrogens (primary N) is 1. The molecular weight excluding hydrogens is 404 g/mol. The van der Waals surface area contributed by atoms with Crippen LogP contribution in [0.25, 0.3) is 0 Å². The number of aliphatic carboxylic acids is 1. The highest BCUT2D eigenvalue weighted by Gasteiger charge is 2.39. The second-order valence-electron chi connectivity index (χ2n) is 6.89.